The monoisotopic (exact) mass is 431 g/mol. The second-order valence-electron chi connectivity index (χ2n) is 6.56. The summed E-state index contributed by atoms with van der Waals surface area (Å²) in [6.07, 6.45) is 8.10. The van der Waals surface area contributed by atoms with E-state index < -0.39 is 11.2 Å². The minimum atomic E-state index is -0.748. The van der Waals surface area contributed by atoms with Crippen molar-refractivity contribution in [2.24, 2.45) is 0 Å². The maximum absolute atomic E-state index is 13.5. The SMILES string of the molecule is CCOC(=O)C1=c2/c(=C/c3ccncc3)c(N)c(C#N)n2C(=O)[C@@H](c2ccncc2)S1. The Morgan fingerprint density at radius 2 is 1.90 bits per heavy atom. The molecule has 9 heteroatoms. The van der Waals surface area contributed by atoms with Gasteiger partial charge in [-0.1, -0.05) is 11.8 Å². The molecule has 4 rings (SSSR count). The molecule has 1 atom stereocenters. The standard InChI is InChI=1S/C22H17N5O3S/c1-2-30-22(29)20-18-15(11-13-3-7-25-8-4-13)17(24)16(12-23)27(18)21(28)19(31-20)14-5-9-26-10-6-14/h3-11,19H,2,24H2,1H3/b15-11+/t19-/m1/s1. The Morgan fingerprint density at radius 1 is 1.26 bits per heavy atom. The van der Waals surface area contributed by atoms with Crippen LogP contribution < -0.4 is 16.3 Å². The highest BCUT2D eigenvalue weighted by atomic mass is 32.2. The van der Waals surface area contributed by atoms with Gasteiger partial charge in [0.25, 0.3) is 0 Å². The molecule has 0 radical (unpaired) electrons. The van der Waals surface area contributed by atoms with Gasteiger partial charge in [-0.3, -0.25) is 19.3 Å². The van der Waals surface area contributed by atoms with Gasteiger partial charge in [-0.15, -0.1) is 0 Å². The number of nitrogen functional groups attached to an aromatic ring is 1. The Balaban J connectivity index is 2.07. The first-order valence-corrected chi connectivity index (χ1v) is 10.3. The van der Waals surface area contributed by atoms with Crippen molar-refractivity contribution in [1.29, 1.82) is 5.26 Å². The molecule has 1 aliphatic heterocycles. The minimum absolute atomic E-state index is 0.0125. The van der Waals surface area contributed by atoms with Crippen LogP contribution in [0.15, 0.2) is 49.1 Å². The fraction of sp³-hybridized carbons (Fsp3) is 0.136. The number of esters is 1. The third-order valence-corrected chi connectivity index (χ3v) is 6.04. The number of nitrogens with zero attached hydrogens (tertiary/aromatic N) is 4. The van der Waals surface area contributed by atoms with Crippen LogP contribution in [0.2, 0.25) is 0 Å². The smallest absolute Gasteiger partial charge is 0.346 e. The van der Waals surface area contributed by atoms with Gasteiger partial charge in [0.2, 0.25) is 5.91 Å². The second-order valence-corrected chi connectivity index (χ2v) is 7.68. The van der Waals surface area contributed by atoms with Gasteiger partial charge in [-0.25, -0.2) is 4.79 Å². The van der Waals surface area contributed by atoms with Crippen molar-refractivity contribution in [3.05, 3.63) is 76.4 Å². The number of thioether (sulfide) groups is 1. The number of anilines is 1. The Kier molecular flexibility index (Phi) is 5.56. The van der Waals surface area contributed by atoms with Gasteiger partial charge in [0.1, 0.15) is 16.2 Å². The number of hydrogen-bond donors (Lipinski definition) is 1. The molecule has 31 heavy (non-hydrogen) atoms. The summed E-state index contributed by atoms with van der Waals surface area (Å²) in [6.45, 7) is 1.87. The van der Waals surface area contributed by atoms with Crippen molar-refractivity contribution in [1.82, 2.24) is 14.5 Å². The van der Waals surface area contributed by atoms with E-state index in [1.54, 1.807) is 62.1 Å². The molecule has 3 aromatic rings. The number of aromatic nitrogens is 3. The molecule has 0 unspecified atom stereocenters. The fourth-order valence-electron chi connectivity index (χ4n) is 3.37. The zero-order valence-electron chi connectivity index (χ0n) is 16.5. The molecular formula is C22H17N5O3S. The molecule has 0 aromatic carbocycles. The van der Waals surface area contributed by atoms with Crippen LogP contribution in [0.5, 0.6) is 0 Å². The second kappa shape index (κ2) is 8.45. The molecule has 154 valence electrons. The average Bonchev–Trinajstić information content (AvgIpc) is 3.07. The molecule has 0 spiro atoms. The van der Waals surface area contributed by atoms with E-state index in [1.165, 1.54) is 4.57 Å². The summed E-state index contributed by atoms with van der Waals surface area (Å²) in [7, 11) is 0. The molecule has 1 aliphatic rings. The van der Waals surface area contributed by atoms with Crippen molar-refractivity contribution >= 4 is 40.3 Å². The molecular weight excluding hydrogens is 414 g/mol. The van der Waals surface area contributed by atoms with E-state index in [9.17, 15) is 14.9 Å². The van der Waals surface area contributed by atoms with Gasteiger partial charge in [0.05, 0.1) is 17.6 Å². The zero-order valence-corrected chi connectivity index (χ0v) is 17.3. The third kappa shape index (κ3) is 3.58. The molecule has 8 nitrogen and oxygen atoms in total. The number of carbonyl (C=O) groups excluding carboxylic acids is 2. The summed E-state index contributed by atoms with van der Waals surface area (Å²) >= 11 is 1.09. The number of pyridine rings is 2. The number of hydrogen-bond acceptors (Lipinski definition) is 8. The number of fused-ring (bicyclic) bond motifs is 1. The highest BCUT2D eigenvalue weighted by Crippen LogP contribution is 2.39. The van der Waals surface area contributed by atoms with Crippen LogP contribution >= 0.6 is 11.8 Å². The van der Waals surface area contributed by atoms with Gasteiger partial charge in [0, 0.05) is 30.0 Å². The van der Waals surface area contributed by atoms with Crippen LogP contribution in [-0.2, 0) is 9.53 Å². The number of rotatable bonds is 4. The van der Waals surface area contributed by atoms with Gasteiger partial charge in [0.15, 0.2) is 5.69 Å². The molecule has 4 heterocycles. The predicted octanol–water partition coefficient (Wildman–Crippen LogP) is 1.36. The van der Waals surface area contributed by atoms with Crippen molar-refractivity contribution in [2.75, 3.05) is 12.3 Å². The summed E-state index contributed by atoms with van der Waals surface area (Å²) in [5.74, 6) is -0.941. The topological polar surface area (TPSA) is 124 Å². The van der Waals surface area contributed by atoms with Crippen molar-refractivity contribution in [3.63, 3.8) is 0 Å². The van der Waals surface area contributed by atoms with Crippen LogP contribution in [0.3, 0.4) is 0 Å². The molecule has 0 saturated heterocycles. The molecule has 0 aliphatic carbocycles. The normalized spacial score (nSPS) is 16.0. The minimum Gasteiger partial charge on any atom is -0.462 e. The number of carbonyl (C=O) groups is 2. The lowest BCUT2D eigenvalue weighted by Gasteiger charge is -2.22. The van der Waals surface area contributed by atoms with Gasteiger partial charge >= 0.3 is 5.97 Å². The summed E-state index contributed by atoms with van der Waals surface area (Å²) in [6, 6.07) is 8.94. The first-order valence-electron chi connectivity index (χ1n) is 9.41. The quantitative estimate of drug-likeness (QED) is 0.614. The third-order valence-electron chi connectivity index (χ3n) is 4.74. The zero-order chi connectivity index (χ0) is 22.0. The van der Waals surface area contributed by atoms with E-state index in [0.717, 1.165) is 17.3 Å². The lowest BCUT2D eigenvalue weighted by Crippen LogP contribution is -2.42. The Bertz CT molecular complexity index is 1330. The van der Waals surface area contributed by atoms with Gasteiger partial charge < -0.3 is 10.5 Å². The summed E-state index contributed by atoms with van der Waals surface area (Å²) < 4.78 is 6.50. The summed E-state index contributed by atoms with van der Waals surface area (Å²) in [4.78, 5) is 34.6. The summed E-state index contributed by atoms with van der Waals surface area (Å²) in [5, 5.41) is 9.72. The van der Waals surface area contributed by atoms with E-state index in [4.69, 9.17) is 10.5 Å². The molecule has 3 aromatic heterocycles. The Hall–Kier alpha value is -3.90. The Morgan fingerprint density at radius 3 is 2.52 bits per heavy atom. The van der Waals surface area contributed by atoms with Crippen LogP contribution in [0.25, 0.3) is 11.0 Å². The summed E-state index contributed by atoms with van der Waals surface area (Å²) in [5.41, 5.74) is 7.83. The van der Waals surface area contributed by atoms with E-state index in [-0.39, 0.29) is 34.1 Å². The van der Waals surface area contributed by atoms with Crippen LogP contribution in [-0.4, -0.2) is 33.0 Å². The Labute approximate surface area is 181 Å². The molecule has 0 bridgehead atoms. The van der Waals surface area contributed by atoms with Crippen LogP contribution in [0.4, 0.5) is 5.69 Å². The van der Waals surface area contributed by atoms with Crippen LogP contribution in [0, 0.1) is 11.3 Å². The van der Waals surface area contributed by atoms with E-state index in [1.807, 2.05) is 6.07 Å². The van der Waals surface area contributed by atoms with E-state index >= 15 is 0 Å². The fourth-order valence-corrected chi connectivity index (χ4v) is 4.57. The van der Waals surface area contributed by atoms with Gasteiger partial charge in [-0.05, 0) is 48.4 Å². The van der Waals surface area contributed by atoms with E-state index in [0.29, 0.717) is 10.8 Å². The largest absolute Gasteiger partial charge is 0.462 e. The van der Waals surface area contributed by atoms with Crippen molar-refractivity contribution < 1.29 is 14.3 Å². The highest BCUT2D eigenvalue weighted by molar-refractivity contribution is 8.10. The maximum Gasteiger partial charge on any atom is 0.346 e. The van der Waals surface area contributed by atoms with E-state index in [2.05, 4.69) is 9.97 Å². The number of nitriles is 1. The van der Waals surface area contributed by atoms with Crippen LogP contribution in [0.1, 0.15) is 33.8 Å². The number of nitrogens with two attached hydrogens (primary N) is 1. The first-order chi connectivity index (χ1) is 15.1. The predicted molar refractivity (Wildman–Crippen MR) is 116 cm³/mol. The highest BCUT2D eigenvalue weighted by Gasteiger charge is 2.36. The lowest BCUT2D eigenvalue weighted by atomic mass is 10.1. The number of ether oxygens (including phenoxy) is 1. The molecule has 0 saturated carbocycles. The molecule has 2 N–H and O–H groups in total. The van der Waals surface area contributed by atoms with Gasteiger partial charge in [-0.2, -0.15) is 5.26 Å². The molecule has 0 amide bonds. The first kappa shape index (κ1) is 20.4. The van der Waals surface area contributed by atoms with Crippen molar-refractivity contribution in [3.8, 4) is 6.07 Å². The molecule has 0 fully saturated rings. The maximum atomic E-state index is 13.5. The average molecular weight is 431 g/mol. The lowest BCUT2D eigenvalue weighted by molar-refractivity contribution is -0.135. The van der Waals surface area contributed by atoms with Crippen molar-refractivity contribution in [2.45, 2.75) is 12.2 Å².